The topological polar surface area (TPSA) is 60.2 Å². The van der Waals surface area contributed by atoms with Crippen LogP contribution in [0.2, 0.25) is 0 Å². The summed E-state index contributed by atoms with van der Waals surface area (Å²) < 4.78 is 24.5. The zero-order valence-electron chi connectivity index (χ0n) is 13.1. The standard InChI is InChI=1S/C16H27NO2S/c1-13-7-8-15(11-14(13)2)20(18,19)10-6-5-9-16(3,4)12-17/h7-8,11H,5-6,9-10,12,17H2,1-4H3. The number of sulfone groups is 1. The Morgan fingerprint density at radius 3 is 2.30 bits per heavy atom. The average molecular weight is 297 g/mol. The highest BCUT2D eigenvalue weighted by atomic mass is 32.2. The highest BCUT2D eigenvalue weighted by Crippen LogP contribution is 2.22. The Morgan fingerprint density at radius 1 is 1.10 bits per heavy atom. The monoisotopic (exact) mass is 297 g/mol. The van der Waals surface area contributed by atoms with Gasteiger partial charge in [0, 0.05) is 0 Å². The number of benzene rings is 1. The van der Waals surface area contributed by atoms with Crippen LogP contribution in [0.1, 0.15) is 44.2 Å². The molecule has 20 heavy (non-hydrogen) atoms. The second-order valence-corrected chi connectivity index (χ2v) is 8.50. The van der Waals surface area contributed by atoms with Crippen molar-refractivity contribution in [3.05, 3.63) is 29.3 Å². The molecule has 0 radical (unpaired) electrons. The zero-order chi connectivity index (χ0) is 15.4. The molecule has 0 saturated heterocycles. The summed E-state index contributed by atoms with van der Waals surface area (Å²) in [7, 11) is -3.16. The molecule has 0 saturated carbocycles. The Hall–Kier alpha value is -0.870. The lowest BCUT2D eigenvalue weighted by atomic mass is 9.88. The Labute approximate surface area is 123 Å². The van der Waals surface area contributed by atoms with E-state index < -0.39 is 9.84 Å². The van der Waals surface area contributed by atoms with Gasteiger partial charge in [-0.05, 0) is 61.9 Å². The molecule has 1 aromatic carbocycles. The molecule has 0 unspecified atom stereocenters. The first-order valence-electron chi connectivity index (χ1n) is 7.18. The van der Waals surface area contributed by atoms with Crippen molar-refractivity contribution in [2.45, 2.75) is 51.9 Å². The van der Waals surface area contributed by atoms with Crippen molar-refractivity contribution in [1.29, 1.82) is 0 Å². The van der Waals surface area contributed by atoms with E-state index in [0.717, 1.165) is 24.0 Å². The van der Waals surface area contributed by atoms with Gasteiger partial charge in [0.1, 0.15) is 0 Å². The summed E-state index contributed by atoms with van der Waals surface area (Å²) in [5.41, 5.74) is 7.92. The van der Waals surface area contributed by atoms with E-state index in [9.17, 15) is 8.42 Å². The Kier molecular flexibility index (Phi) is 5.78. The summed E-state index contributed by atoms with van der Waals surface area (Å²) in [6.45, 7) is 8.80. The molecule has 0 aliphatic carbocycles. The number of hydrogen-bond acceptors (Lipinski definition) is 3. The van der Waals surface area contributed by atoms with E-state index in [4.69, 9.17) is 5.73 Å². The number of hydrogen-bond donors (Lipinski definition) is 1. The summed E-state index contributed by atoms with van der Waals surface area (Å²) in [4.78, 5) is 0.443. The molecule has 4 heteroatoms. The van der Waals surface area contributed by atoms with E-state index in [-0.39, 0.29) is 11.2 Å². The van der Waals surface area contributed by atoms with E-state index >= 15 is 0 Å². The molecule has 1 rings (SSSR count). The Balaban J connectivity index is 2.60. The molecule has 0 atom stereocenters. The second-order valence-electron chi connectivity index (χ2n) is 6.39. The normalized spacial score (nSPS) is 12.7. The molecular weight excluding hydrogens is 270 g/mol. The zero-order valence-corrected chi connectivity index (χ0v) is 13.9. The third-order valence-electron chi connectivity index (χ3n) is 3.91. The smallest absolute Gasteiger partial charge is 0.178 e. The SMILES string of the molecule is Cc1ccc(S(=O)(=O)CCCCC(C)(C)CN)cc1C. The van der Waals surface area contributed by atoms with Gasteiger partial charge in [0.25, 0.3) is 0 Å². The fourth-order valence-electron chi connectivity index (χ4n) is 2.02. The summed E-state index contributed by atoms with van der Waals surface area (Å²) in [6.07, 6.45) is 2.55. The van der Waals surface area contributed by atoms with Gasteiger partial charge in [-0.2, -0.15) is 0 Å². The van der Waals surface area contributed by atoms with Crippen molar-refractivity contribution in [1.82, 2.24) is 0 Å². The van der Waals surface area contributed by atoms with Crippen LogP contribution in [0.15, 0.2) is 23.1 Å². The first-order chi connectivity index (χ1) is 9.18. The maximum atomic E-state index is 12.3. The van der Waals surface area contributed by atoms with Crippen molar-refractivity contribution in [2.24, 2.45) is 11.1 Å². The largest absolute Gasteiger partial charge is 0.330 e. The van der Waals surface area contributed by atoms with Crippen LogP contribution in [0.4, 0.5) is 0 Å². The predicted molar refractivity (Wildman–Crippen MR) is 84.7 cm³/mol. The molecule has 0 bridgehead atoms. The minimum atomic E-state index is -3.16. The van der Waals surface area contributed by atoms with Crippen molar-refractivity contribution in [3.8, 4) is 0 Å². The quantitative estimate of drug-likeness (QED) is 0.786. The van der Waals surface area contributed by atoms with Gasteiger partial charge in [-0.25, -0.2) is 8.42 Å². The van der Waals surface area contributed by atoms with Crippen molar-refractivity contribution in [3.63, 3.8) is 0 Å². The van der Waals surface area contributed by atoms with Crippen LogP contribution in [0.25, 0.3) is 0 Å². The van der Waals surface area contributed by atoms with Gasteiger partial charge < -0.3 is 5.73 Å². The first-order valence-corrected chi connectivity index (χ1v) is 8.83. The van der Waals surface area contributed by atoms with Gasteiger partial charge in [0.15, 0.2) is 9.84 Å². The third kappa shape index (κ3) is 4.91. The van der Waals surface area contributed by atoms with Gasteiger partial charge in [0.05, 0.1) is 10.6 Å². The van der Waals surface area contributed by atoms with E-state index in [1.807, 2.05) is 19.9 Å². The van der Waals surface area contributed by atoms with E-state index in [1.165, 1.54) is 0 Å². The molecule has 114 valence electrons. The van der Waals surface area contributed by atoms with Crippen LogP contribution in [-0.2, 0) is 9.84 Å². The highest BCUT2D eigenvalue weighted by Gasteiger charge is 2.17. The van der Waals surface area contributed by atoms with Gasteiger partial charge >= 0.3 is 0 Å². The molecule has 0 spiro atoms. The fourth-order valence-corrected chi connectivity index (χ4v) is 3.47. The number of aryl methyl sites for hydroxylation is 2. The third-order valence-corrected chi connectivity index (χ3v) is 5.70. The summed E-state index contributed by atoms with van der Waals surface area (Å²) >= 11 is 0. The van der Waals surface area contributed by atoms with Crippen LogP contribution in [0.5, 0.6) is 0 Å². The molecule has 0 amide bonds. The maximum Gasteiger partial charge on any atom is 0.178 e. The molecule has 1 aromatic rings. The lowest BCUT2D eigenvalue weighted by Crippen LogP contribution is -2.23. The van der Waals surface area contributed by atoms with Crippen LogP contribution < -0.4 is 5.73 Å². The van der Waals surface area contributed by atoms with Crippen LogP contribution in [0, 0.1) is 19.3 Å². The number of nitrogens with two attached hydrogens (primary N) is 1. The molecule has 0 fully saturated rings. The second kappa shape index (κ2) is 6.72. The average Bonchev–Trinajstić information content (AvgIpc) is 2.38. The van der Waals surface area contributed by atoms with Gasteiger partial charge in [-0.15, -0.1) is 0 Å². The lowest BCUT2D eigenvalue weighted by molar-refractivity contribution is 0.335. The molecule has 3 nitrogen and oxygen atoms in total. The van der Waals surface area contributed by atoms with E-state index in [0.29, 0.717) is 17.9 Å². The fraction of sp³-hybridized carbons (Fsp3) is 0.625. The molecule has 2 N–H and O–H groups in total. The van der Waals surface area contributed by atoms with Crippen LogP contribution in [-0.4, -0.2) is 20.7 Å². The number of rotatable bonds is 7. The van der Waals surface area contributed by atoms with Crippen molar-refractivity contribution < 1.29 is 8.42 Å². The molecule has 0 aliphatic rings. The van der Waals surface area contributed by atoms with Gasteiger partial charge in [-0.3, -0.25) is 0 Å². The highest BCUT2D eigenvalue weighted by molar-refractivity contribution is 7.91. The Morgan fingerprint density at radius 2 is 1.75 bits per heavy atom. The van der Waals surface area contributed by atoms with E-state index in [2.05, 4.69) is 13.8 Å². The van der Waals surface area contributed by atoms with Gasteiger partial charge in [0.2, 0.25) is 0 Å². The molecule has 0 aliphatic heterocycles. The van der Waals surface area contributed by atoms with Crippen molar-refractivity contribution >= 4 is 9.84 Å². The first kappa shape index (κ1) is 17.2. The van der Waals surface area contributed by atoms with Crippen LogP contribution in [0.3, 0.4) is 0 Å². The summed E-state index contributed by atoms with van der Waals surface area (Å²) in [6, 6.07) is 5.36. The maximum absolute atomic E-state index is 12.3. The lowest BCUT2D eigenvalue weighted by Gasteiger charge is -2.21. The van der Waals surface area contributed by atoms with E-state index in [1.54, 1.807) is 12.1 Å². The molecular formula is C16H27NO2S. The summed E-state index contributed by atoms with van der Waals surface area (Å²) in [5.74, 6) is 0.218. The molecule has 0 heterocycles. The molecule has 0 aromatic heterocycles. The Bertz CT molecular complexity index is 548. The van der Waals surface area contributed by atoms with Gasteiger partial charge in [-0.1, -0.05) is 26.3 Å². The van der Waals surface area contributed by atoms with Crippen molar-refractivity contribution in [2.75, 3.05) is 12.3 Å². The summed E-state index contributed by atoms with van der Waals surface area (Å²) in [5, 5.41) is 0. The minimum Gasteiger partial charge on any atom is -0.330 e. The predicted octanol–water partition coefficient (Wildman–Crippen LogP) is 3.23. The minimum absolute atomic E-state index is 0.101. The number of unbranched alkanes of at least 4 members (excludes halogenated alkanes) is 1. The van der Waals surface area contributed by atoms with Crippen LogP contribution >= 0.6 is 0 Å².